The summed E-state index contributed by atoms with van der Waals surface area (Å²) in [5.74, 6) is 0.844. The van der Waals surface area contributed by atoms with E-state index in [-0.39, 0.29) is 7.43 Å². The molecule has 0 amide bonds. The molecule has 0 aromatic rings. The first kappa shape index (κ1) is 12.6. The molecule has 0 aliphatic heterocycles. The smallest absolute Gasteiger partial charge is 0.00233 e. The lowest BCUT2D eigenvalue weighted by Crippen LogP contribution is -2.21. The second-order valence-corrected chi connectivity index (χ2v) is 2.72. The molecule has 0 saturated heterocycles. The van der Waals surface area contributed by atoms with Gasteiger partial charge in [0.1, 0.15) is 0 Å². The molecule has 1 N–H and O–H groups in total. The molecular weight excluding hydrogens is 122 g/mol. The average molecular weight is 145 g/mol. The van der Waals surface area contributed by atoms with Crippen molar-refractivity contribution in [1.29, 1.82) is 0 Å². The molecule has 1 atom stereocenters. The summed E-state index contributed by atoms with van der Waals surface area (Å²) < 4.78 is 0. The lowest BCUT2D eigenvalue weighted by molar-refractivity contribution is 0.500. The van der Waals surface area contributed by atoms with E-state index < -0.39 is 0 Å². The topological polar surface area (TPSA) is 12.0 Å². The highest BCUT2D eigenvalue weighted by molar-refractivity contribution is 4.52. The first-order valence-electron chi connectivity index (χ1n) is 4.02. The van der Waals surface area contributed by atoms with Crippen molar-refractivity contribution in [2.45, 2.75) is 41.0 Å². The molecule has 0 saturated carbocycles. The van der Waals surface area contributed by atoms with Crippen LogP contribution in [0.1, 0.15) is 41.0 Å². The van der Waals surface area contributed by atoms with Crippen LogP contribution in [0.4, 0.5) is 0 Å². The molecule has 0 rings (SSSR count). The summed E-state index contributed by atoms with van der Waals surface area (Å²) in [6.07, 6.45) is 2.53. The van der Waals surface area contributed by atoms with Gasteiger partial charge < -0.3 is 5.32 Å². The van der Waals surface area contributed by atoms with Gasteiger partial charge in [-0.3, -0.25) is 0 Å². The van der Waals surface area contributed by atoms with Crippen LogP contribution >= 0.6 is 0 Å². The third-order valence-electron chi connectivity index (χ3n) is 1.62. The minimum atomic E-state index is 0. The lowest BCUT2D eigenvalue weighted by atomic mass is 10.1. The summed E-state index contributed by atoms with van der Waals surface area (Å²) in [4.78, 5) is 0. The van der Waals surface area contributed by atoms with Gasteiger partial charge in [-0.1, -0.05) is 34.6 Å². The van der Waals surface area contributed by atoms with Gasteiger partial charge in [0.15, 0.2) is 0 Å². The summed E-state index contributed by atoms with van der Waals surface area (Å²) in [5, 5.41) is 3.39. The van der Waals surface area contributed by atoms with Gasteiger partial charge in [0.25, 0.3) is 0 Å². The highest BCUT2D eigenvalue weighted by Gasteiger charge is 1.94. The molecule has 1 nitrogen and oxygen atoms in total. The molecule has 10 heavy (non-hydrogen) atoms. The Kier molecular flexibility index (Phi) is 11.3. The van der Waals surface area contributed by atoms with E-state index in [1.54, 1.807) is 0 Å². The van der Waals surface area contributed by atoms with Gasteiger partial charge in [-0.05, 0) is 25.4 Å². The van der Waals surface area contributed by atoms with Crippen LogP contribution in [0.25, 0.3) is 0 Å². The third-order valence-corrected chi connectivity index (χ3v) is 1.62. The van der Waals surface area contributed by atoms with E-state index in [1.807, 2.05) is 0 Å². The van der Waals surface area contributed by atoms with Gasteiger partial charge in [-0.15, -0.1) is 0 Å². The summed E-state index contributed by atoms with van der Waals surface area (Å²) in [6.45, 7) is 9.07. The summed E-state index contributed by atoms with van der Waals surface area (Å²) in [6, 6.07) is 0. The van der Waals surface area contributed by atoms with Gasteiger partial charge >= 0.3 is 0 Å². The van der Waals surface area contributed by atoms with Crippen molar-refractivity contribution in [3.63, 3.8) is 0 Å². The van der Waals surface area contributed by atoms with Crippen LogP contribution in [-0.4, -0.2) is 13.1 Å². The average Bonchev–Trinajstić information content (AvgIpc) is 1.89. The molecule has 0 aliphatic carbocycles. The maximum absolute atomic E-state index is 3.39. The van der Waals surface area contributed by atoms with Crippen LogP contribution in [0.3, 0.4) is 0 Å². The third kappa shape index (κ3) is 7.96. The first-order chi connectivity index (χ1) is 4.31. The first-order valence-corrected chi connectivity index (χ1v) is 4.02. The zero-order valence-corrected chi connectivity index (χ0v) is 6.91. The Morgan fingerprint density at radius 1 is 1.30 bits per heavy atom. The standard InChI is InChI=1S/C8H19N.CH4/c1-4-6-9-7-8(3)5-2;/h8-9H,4-7H2,1-3H3;1H4. The normalized spacial score (nSPS) is 12.3. The fourth-order valence-electron chi connectivity index (χ4n) is 0.670. The van der Waals surface area contributed by atoms with Gasteiger partial charge in [0, 0.05) is 0 Å². The Bertz CT molecular complexity index is 52.7. The zero-order chi connectivity index (χ0) is 7.11. The Balaban J connectivity index is 0. The molecule has 0 spiro atoms. The molecular formula is C9H23N. The van der Waals surface area contributed by atoms with Gasteiger partial charge in [-0.2, -0.15) is 0 Å². The minimum absolute atomic E-state index is 0. The van der Waals surface area contributed by atoms with Crippen LogP contribution < -0.4 is 5.32 Å². The van der Waals surface area contributed by atoms with Crippen LogP contribution in [0.15, 0.2) is 0 Å². The van der Waals surface area contributed by atoms with Crippen LogP contribution in [0.2, 0.25) is 0 Å². The largest absolute Gasteiger partial charge is 0.316 e. The molecule has 0 aliphatic rings. The summed E-state index contributed by atoms with van der Waals surface area (Å²) in [7, 11) is 0. The van der Waals surface area contributed by atoms with E-state index in [2.05, 4.69) is 26.1 Å². The predicted octanol–water partition coefficient (Wildman–Crippen LogP) is 2.67. The van der Waals surface area contributed by atoms with E-state index in [1.165, 1.54) is 25.9 Å². The van der Waals surface area contributed by atoms with Gasteiger partial charge in [0.05, 0.1) is 0 Å². The fourth-order valence-corrected chi connectivity index (χ4v) is 0.670. The Morgan fingerprint density at radius 3 is 2.30 bits per heavy atom. The van der Waals surface area contributed by atoms with Crippen LogP contribution in [-0.2, 0) is 0 Å². The van der Waals surface area contributed by atoms with Crippen molar-refractivity contribution in [2.24, 2.45) is 5.92 Å². The Hall–Kier alpha value is -0.0400. The SMILES string of the molecule is C.CCCNCC(C)CC. The number of hydrogen-bond acceptors (Lipinski definition) is 1. The Morgan fingerprint density at radius 2 is 1.90 bits per heavy atom. The van der Waals surface area contributed by atoms with E-state index in [0.717, 1.165) is 5.92 Å². The highest BCUT2D eigenvalue weighted by Crippen LogP contribution is 1.96. The molecule has 0 aromatic heterocycles. The van der Waals surface area contributed by atoms with E-state index in [0.29, 0.717) is 0 Å². The van der Waals surface area contributed by atoms with Crippen molar-refractivity contribution in [2.75, 3.05) is 13.1 Å². The molecule has 1 heteroatoms. The van der Waals surface area contributed by atoms with Gasteiger partial charge in [-0.25, -0.2) is 0 Å². The van der Waals surface area contributed by atoms with Crippen molar-refractivity contribution in [3.8, 4) is 0 Å². The molecule has 0 fully saturated rings. The molecule has 64 valence electrons. The monoisotopic (exact) mass is 145 g/mol. The predicted molar refractivity (Wildman–Crippen MR) is 49.3 cm³/mol. The maximum atomic E-state index is 3.39. The molecule has 0 heterocycles. The summed E-state index contributed by atoms with van der Waals surface area (Å²) >= 11 is 0. The maximum Gasteiger partial charge on any atom is -0.00233 e. The molecule has 0 bridgehead atoms. The molecule has 1 unspecified atom stereocenters. The minimum Gasteiger partial charge on any atom is -0.316 e. The van der Waals surface area contributed by atoms with Crippen molar-refractivity contribution in [3.05, 3.63) is 0 Å². The second-order valence-electron chi connectivity index (χ2n) is 2.72. The van der Waals surface area contributed by atoms with Crippen molar-refractivity contribution < 1.29 is 0 Å². The van der Waals surface area contributed by atoms with Crippen molar-refractivity contribution >= 4 is 0 Å². The van der Waals surface area contributed by atoms with Crippen molar-refractivity contribution in [1.82, 2.24) is 5.32 Å². The van der Waals surface area contributed by atoms with E-state index in [9.17, 15) is 0 Å². The fraction of sp³-hybridized carbons (Fsp3) is 1.00. The number of rotatable bonds is 5. The number of hydrogen-bond donors (Lipinski definition) is 1. The molecule has 0 radical (unpaired) electrons. The zero-order valence-electron chi connectivity index (χ0n) is 6.91. The summed E-state index contributed by atoms with van der Waals surface area (Å²) in [5.41, 5.74) is 0. The van der Waals surface area contributed by atoms with Crippen LogP contribution in [0.5, 0.6) is 0 Å². The van der Waals surface area contributed by atoms with Gasteiger partial charge in [0.2, 0.25) is 0 Å². The lowest BCUT2D eigenvalue weighted by Gasteiger charge is -2.07. The van der Waals surface area contributed by atoms with E-state index in [4.69, 9.17) is 0 Å². The Labute approximate surface area is 66.2 Å². The van der Waals surface area contributed by atoms with Crippen LogP contribution in [0, 0.1) is 5.92 Å². The molecule has 0 aromatic carbocycles. The quantitative estimate of drug-likeness (QED) is 0.586. The second kappa shape index (κ2) is 8.96. The highest BCUT2D eigenvalue weighted by atomic mass is 14.8. The number of nitrogens with one attached hydrogen (secondary N) is 1. The van der Waals surface area contributed by atoms with E-state index >= 15 is 0 Å².